The zero-order valence-electron chi connectivity index (χ0n) is 7.03. The van der Waals surface area contributed by atoms with Crippen LogP contribution in [0.5, 0.6) is 0 Å². The van der Waals surface area contributed by atoms with Crippen LogP contribution in [0.4, 0.5) is 0 Å². The highest BCUT2D eigenvalue weighted by molar-refractivity contribution is 5.39. The number of rotatable bonds is 0. The number of nitrogens with two attached hydrogens (primary N) is 1. The van der Waals surface area contributed by atoms with Gasteiger partial charge in [-0.1, -0.05) is 24.3 Å². The molecule has 1 aromatic rings. The van der Waals surface area contributed by atoms with Gasteiger partial charge in [-0.2, -0.15) is 0 Å². The Hall–Kier alpha value is -0.820. The van der Waals surface area contributed by atoms with Crippen molar-refractivity contribution >= 4 is 0 Å². The smallest absolute Gasteiger partial charge is 0.0326 e. The van der Waals surface area contributed by atoms with Gasteiger partial charge in [-0.3, -0.25) is 0 Å². The van der Waals surface area contributed by atoms with E-state index in [9.17, 15) is 0 Å². The lowest BCUT2D eigenvalue weighted by Gasteiger charge is -2.46. The van der Waals surface area contributed by atoms with E-state index in [4.69, 9.17) is 5.73 Å². The fourth-order valence-electron chi connectivity index (χ4n) is 2.65. The molecule has 4 rings (SSSR count). The van der Waals surface area contributed by atoms with Crippen LogP contribution in [-0.4, -0.2) is 0 Å². The first kappa shape index (κ1) is 6.67. The monoisotopic (exact) mass is 159 g/mol. The Morgan fingerprint density at radius 1 is 1.08 bits per heavy atom. The molecule has 0 heterocycles. The first-order valence-electron chi connectivity index (χ1n) is 4.70. The molecule has 3 aliphatic carbocycles. The average Bonchev–Trinajstić information content (AvgIpc) is 2.02. The first-order chi connectivity index (χ1) is 5.86. The third kappa shape index (κ3) is 0.674. The molecule has 1 unspecified atom stereocenters. The van der Waals surface area contributed by atoms with Crippen LogP contribution >= 0.6 is 0 Å². The summed E-state index contributed by atoms with van der Waals surface area (Å²) in [5, 5.41) is 0. The highest BCUT2D eigenvalue weighted by Crippen LogP contribution is 2.53. The predicted octanol–water partition coefficient (Wildman–Crippen LogP) is 2.19. The second kappa shape index (κ2) is 2.11. The van der Waals surface area contributed by atoms with Crippen molar-refractivity contribution < 1.29 is 0 Å². The predicted molar refractivity (Wildman–Crippen MR) is 48.8 cm³/mol. The van der Waals surface area contributed by atoms with Crippen LogP contribution in [0.15, 0.2) is 24.3 Å². The van der Waals surface area contributed by atoms with Crippen LogP contribution in [0.25, 0.3) is 0 Å². The van der Waals surface area contributed by atoms with E-state index in [1.165, 1.54) is 24.0 Å². The van der Waals surface area contributed by atoms with Crippen molar-refractivity contribution in [3.8, 4) is 0 Å². The molecule has 2 bridgehead atoms. The van der Waals surface area contributed by atoms with E-state index in [2.05, 4.69) is 24.3 Å². The molecule has 0 radical (unpaired) electrons. The van der Waals surface area contributed by atoms with Crippen molar-refractivity contribution in [2.24, 2.45) is 11.7 Å². The molecule has 0 spiro atoms. The summed E-state index contributed by atoms with van der Waals surface area (Å²) >= 11 is 0. The molecule has 1 saturated carbocycles. The van der Waals surface area contributed by atoms with Gasteiger partial charge in [-0.05, 0) is 35.8 Å². The zero-order valence-corrected chi connectivity index (χ0v) is 7.03. The molecular weight excluding hydrogens is 146 g/mol. The molecule has 0 aromatic heterocycles. The van der Waals surface area contributed by atoms with Gasteiger partial charge >= 0.3 is 0 Å². The molecule has 0 amide bonds. The third-order valence-corrected chi connectivity index (χ3v) is 3.48. The molecule has 1 aromatic carbocycles. The molecular formula is C11H13N. The van der Waals surface area contributed by atoms with E-state index >= 15 is 0 Å². The minimum atomic E-state index is 0.325. The summed E-state index contributed by atoms with van der Waals surface area (Å²) in [5.41, 5.74) is 9.06. The highest BCUT2D eigenvalue weighted by atomic mass is 14.7. The lowest BCUT2D eigenvalue weighted by molar-refractivity contribution is 0.194. The van der Waals surface area contributed by atoms with Gasteiger partial charge in [0.2, 0.25) is 0 Å². The van der Waals surface area contributed by atoms with E-state index in [0.29, 0.717) is 6.04 Å². The Morgan fingerprint density at radius 3 is 2.42 bits per heavy atom. The summed E-state index contributed by atoms with van der Waals surface area (Å²) in [6.45, 7) is 0. The molecule has 3 aliphatic rings. The lowest BCUT2D eigenvalue weighted by Crippen LogP contribution is -2.38. The van der Waals surface area contributed by atoms with Crippen molar-refractivity contribution in [1.82, 2.24) is 0 Å². The Bertz CT molecular complexity index is 298. The maximum absolute atomic E-state index is 6.13. The summed E-state index contributed by atoms with van der Waals surface area (Å²) in [4.78, 5) is 0. The second-order valence-corrected chi connectivity index (χ2v) is 4.08. The number of benzene rings is 1. The van der Waals surface area contributed by atoms with E-state index in [1.54, 1.807) is 0 Å². The maximum Gasteiger partial charge on any atom is 0.0326 e. The number of hydrogen-bond donors (Lipinski definition) is 1. The van der Waals surface area contributed by atoms with Gasteiger partial charge in [0.25, 0.3) is 0 Å². The Balaban J connectivity index is 2.18. The summed E-state index contributed by atoms with van der Waals surface area (Å²) in [6.07, 6.45) is 2.66. The second-order valence-electron chi connectivity index (χ2n) is 4.08. The normalized spacial score (nSPS) is 36.9. The van der Waals surface area contributed by atoms with Crippen molar-refractivity contribution in [1.29, 1.82) is 0 Å². The third-order valence-electron chi connectivity index (χ3n) is 3.48. The fraction of sp³-hybridized carbons (Fsp3) is 0.455. The minimum absolute atomic E-state index is 0.325. The van der Waals surface area contributed by atoms with Crippen molar-refractivity contribution in [2.45, 2.75) is 24.8 Å². The van der Waals surface area contributed by atoms with Crippen LogP contribution in [0.2, 0.25) is 0 Å². The molecule has 0 aliphatic heterocycles. The van der Waals surface area contributed by atoms with E-state index < -0.39 is 0 Å². The van der Waals surface area contributed by atoms with Crippen LogP contribution in [0.3, 0.4) is 0 Å². The molecule has 0 saturated heterocycles. The van der Waals surface area contributed by atoms with Gasteiger partial charge in [0.1, 0.15) is 0 Å². The quantitative estimate of drug-likeness (QED) is 0.617. The SMILES string of the molecule is NC1c2ccccc2C2CC1C2. The lowest BCUT2D eigenvalue weighted by atomic mass is 9.60. The summed E-state index contributed by atoms with van der Waals surface area (Å²) in [6, 6.07) is 8.99. The Morgan fingerprint density at radius 2 is 1.75 bits per heavy atom. The van der Waals surface area contributed by atoms with Gasteiger partial charge in [0.05, 0.1) is 0 Å². The molecule has 1 atom stereocenters. The van der Waals surface area contributed by atoms with Gasteiger partial charge in [-0.15, -0.1) is 0 Å². The van der Waals surface area contributed by atoms with Gasteiger partial charge in [0.15, 0.2) is 0 Å². The van der Waals surface area contributed by atoms with Gasteiger partial charge in [0, 0.05) is 6.04 Å². The summed E-state index contributed by atoms with van der Waals surface area (Å²) < 4.78 is 0. The maximum atomic E-state index is 6.13. The van der Waals surface area contributed by atoms with E-state index in [0.717, 1.165) is 11.8 Å². The van der Waals surface area contributed by atoms with Crippen LogP contribution in [0.1, 0.15) is 35.9 Å². The highest BCUT2D eigenvalue weighted by Gasteiger charge is 2.41. The summed E-state index contributed by atoms with van der Waals surface area (Å²) in [7, 11) is 0. The molecule has 2 N–H and O–H groups in total. The molecule has 1 heteroatoms. The Labute approximate surface area is 72.6 Å². The van der Waals surface area contributed by atoms with Gasteiger partial charge < -0.3 is 5.73 Å². The van der Waals surface area contributed by atoms with Crippen LogP contribution in [0, 0.1) is 5.92 Å². The zero-order chi connectivity index (χ0) is 8.13. The van der Waals surface area contributed by atoms with Crippen molar-refractivity contribution in [2.75, 3.05) is 0 Å². The topological polar surface area (TPSA) is 26.0 Å². The van der Waals surface area contributed by atoms with E-state index in [1.807, 2.05) is 0 Å². The van der Waals surface area contributed by atoms with Crippen LogP contribution < -0.4 is 5.73 Å². The molecule has 1 nitrogen and oxygen atoms in total. The summed E-state index contributed by atoms with van der Waals surface area (Å²) in [5.74, 6) is 1.62. The average molecular weight is 159 g/mol. The Kier molecular flexibility index (Phi) is 1.17. The molecule has 1 fully saturated rings. The molecule has 62 valence electrons. The van der Waals surface area contributed by atoms with Crippen molar-refractivity contribution in [3.63, 3.8) is 0 Å². The van der Waals surface area contributed by atoms with E-state index in [-0.39, 0.29) is 0 Å². The number of hydrogen-bond acceptors (Lipinski definition) is 1. The molecule has 12 heavy (non-hydrogen) atoms. The van der Waals surface area contributed by atoms with Gasteiger partial charge in [-0.25, -0.2) is 0 Å². The minimum Gasteiger partial charge on any atom is -0.324 e. The fourth-order valence-corrected chi connectivity index (χ4v) is 2.65. The largest absolute Gasteiger partial charge is 0.324 e. The van der Waals surface area contributed by atoms with Crippen molar-refractivity contribution in [3.05, 3.63) is 35.4 Å². The van der Waals surface area contributed by atoms with Crippen LogP contribution in [-0.2, 0) is 0 Å². The standard InChI is InChI=1S/C11H13N/c12-11-8-5-7(6-8)9-3-1-2-4-10(9)11/h1-4,7-8,11H,5-6,12H2. The first-order valence-corrected chi connectivity index (χ1v) is 4.70.